The van der Waals surface area contributed by atoms with E-state index in [1.54, 1.807) is 37.3 Å². The van der Waals surface area contributed by atoms with E-state index in [1.807, 2.05) is 30.0 Å². The van der Waals surface area contributed by atoms with Crippen LogP contribution >= 0.6 is 0 Å². The molecular weight excluding hydrogens is 372 g/mol. The van der Waals surface area contributed by atoms with E-state index in [-0.39, 0.29) is 16.8 Å². The van der Waals surface area contributed by atoms with Crippen molar-refractivity contribution < 1.29 is 13.2 Å². The molecule has 1 aliphatic rings. The molecule has 2 aromatic rings. The maximum atomic E-state index is 13.2. The second kappa shape index (κ2) is 8.78. The van der Waals surface area contributed by atoms with E-state index >= 15 is 0 Å². The molecule has 0 aromatic heterocycles. The van der Waals surface area contributed by atoms with Crippen molar-refractivity contribution in [3.8, 4) is 0 Å². The van der Waals surface area contributed by atoms with E-state index in [1.165, 1.54) is 10.4 Å². The predicted octanol–water partition coefficient (Wildman–Crippen LogP) is 4.31. The van der Waals surface area contributed by atoms with Gasteiger partial charge in [0.15, 0.2) is 0 Å². The van der Waals surface area contributed by atoms with Gasteiger partial charge in [-0.1, -0.05) is 37.1 Å². The molecule has 0 bridgehead atoms. The van der Waals surface area contributed by atoms with E-state index in [4.69, 9.17) is 0 Å². The molecule has 3 rings (SSSR count). The highest BCUT2D eigenvalue weighted by atomic mass is 32.2. The molecule has 2 aromatic carbocycles. The largest absolute Gasteiger partial charge is 0.336 e. The summed E-state index contributed by atoms with van der Waals surface area (Å²) in [6, 6.07) is 15.7. The molecular formula is C22H28N2O3S. The Labute approximate surface area is 168 Å². The number of anilines is 1. The summed E-state index contributed by atoms with van der Waals surface area (Å²) in [7, 11) is -3.75. The van der Waals surface area contributed by atoms with Crippen molar-refractivity contribution in [1.82, 2.24) is 4.90 Å². The van der Waals surface area contributed by atoms with Crippen LogP contribution in [-0.2, 0) is 10.0 Å². The Balaban J connectivity index is 1.92. The van der Waals surface area contributed by atoms with Crippen molar-refractivity contribution in [3.63, 3.8) is 0 Å². The number of para-hydroxylation sites is 1. The van der Waals surface area contributed by atoms with Crippen LogP contribution in [0.25, 0.3) is 0 Å². The van der Waals surface area contributed by atoms with Crippen LogP contribution < -0.4 is 4.31 Å². The Morgan fingerprint density at radius 2 is 1.64 bits per heavy atom. The molecule has 0 saturated heterocycles. The topological polar surface area (TPSA) is 57.7 Å². The van der Waals surface area contributed by atoms with Crippen LogP contribution in [0.4, 0.5) is 5.69 Å². The second-order valence-electron chi connectivity index (χ2n) is 7.06. The number of benzene rings is 2. The first-order valence-corrected chi connectivity index (χ1v) is 11.4. The average molecular weight is 401 g/mol. The molecule has 0 atom stereocenters. The molecule has 0 radical (unpaired) electrons. The van der Waals surface area contributed by atoms with Gasteiger partial charge in [0.2, 0.25) is 0 Å². The zero-order valence-electron chi connectivity index (χ0n) is 16.5. The summed E-state index contributed by atoms with van der Waals surface area (Å²) in [5, 5.41) is 0. The van der Waals surface area contributed by atoms with E-state index < -0.39 is 10.0 Å². The molecule has 5 nitrogen and oxygen atoms in total. The number of amides is 1. The molecule has 150 valence electrons. The van der Waals surface area contributed by atoms with E-state index in [0.717, 1.165) is 25.7 Å². The number of carbonyl (C=O) groups is 1. The van der Waals surface area contributed by atoms with E-state index in [9.17, 15) is 13.2 Å². The molecule has 1 aliphatic carbocycles. The zero-order valence-corrected chi connectivity index (χ0v) is 17.4. The van der Waals surface area contributed by atoms with Crippen molar-refractivity contribution in [3.05, 3.63) is 60.2 Å². The summed E-state index contributed by atoms with van der Waals surface area (Å²) in [4.78, 5) is 15.1. The van der Waals surface area contributed by atoms with Gasteiger partial charge in [-0.3, -0.25) is 9.10 Å². The fourth-order valence-corrected chi connectivity index (χ4v) is 5.47. The van der Waals surface area contributed by atoms with Crippen molar-refractivity contribution in [1.29, 1.82) is 0 Å². The van der Waals surface area contributed by atoms with Gasteiger partial charge in [-0.2, -0.15) is 0 Å². The van der Waals surface area contributed by atoms with Gasteiger partial charge in [0.25, 0.3) is 15.9 Å². The van der Waals surface area contributed by atoms with Gasteiger partial charge in [0, 0.05) is 24.7 Å². The van der Waals surface area contributed by atoms with Gasteiger partial charge < -0.3 is 4.90 Å². The molecule has 0 N–H and O–H groups in total. The second-order valence-corrected chi connectivity index (χ2v) is 8.92. The Morgan fingerprint density at radius 1 is 0.964 bits per heavy atom. The van der Waals surface area contributed by atoms with Crippen molar-refractivity contribution >= 4 is 21.6 Å². The van der Waals surface area contributed by atoms with Crippen LogP contribution in [0.1, 0.15) is 49.9 Å². The molecule has 28 heavy (non-hydrogen) atoms. The van der Waals surface area contributed by atoms with Gasteiger partial charge in [0.05, 0.1) is 10.6 Å². The number of hydrogen-bond acceptors (Lipinski definition) is 3. The number of carbonyl (C=O) groups excluding carboxylic acids is 1. The summed E-state index contributed by atoms with van der Waals surface area (Å²) in [6.45, 7) is 4.72. The predicted molar refractivity (Wildman–Crippen MR) is 112 cm³/mol. The lowest BCUT2D eigenvalue weighted by atomic mass is 10.1. The maximum Gasteiger partial charge on any atom is 0.264 e. The molecule has 1 fully saturated rings. The van der Waals surface area contributed by atoms with Gasteiger partial charge in [-0.05, 0) is 57.0 Å². The van der Waals surface area contributed by atoms with Crippen molar-refractivity contribution in [2.24, 2.45) is 0 Å². The standard InChI is InChI=1S/C22H28N2O3S/c1-3-23(19-12-8-9-13-19)22(25)18-11-10-16-21(17-18)28(26,27)24(4-2)20-14-6-5-7-15-20/h5-7,10-11,14-17,19H,3-4,8-9,12-13H2,1-2H3. The number of nitrogens with zero attached hydrogens (tertiary/aromatic N) is 2. The fourth-order valence-electron chi connectivity index (χ4n) is 3.95. The highest BCUT2D eigenvalue weighted by Crippen LogP contribution is 2.27. The quantitative estimate of drug-likeness (QED) is 0.696. The van der Waals surface area contributed by atoms with Crippen molar-refractivity contribution in [2.45, 2.75) is 50.5 Å². The van der Waals surface area contributed by atoms with E-state index in [0.29, 0.717) is 24.3 Å². The van der Waals surface area contributed by atoms with Gasteiger partial charge >= 0.3 is 0 Å². The summed E-state index contributed by atoms with van der Waals surface area (Å²) in [5.41, 5.74) is 1.04. The smallest absolute Gasteiger partial charge is 0.264 e. The van der Waals surface area contributed by atoms with Crippen LogP contribution in [-0.4, -0.2) is 38.4 Å². The SMILES string of the molecule is CCN(C(=O)c1cccc(S(=O)(=O)N(CC)c2ccccc2)c1)C1CCCC1. The first kappa shape index (κ1) is 20.4. The minimum Gasteiger partial charge on any atom is -0.336 e. The van der Waals surface area contributed by atoms with Gasteiger partial charge in [-0.25, -0.2) is 8.42 Å². The third-order valence-electron chi connectivity index (χ3n) is 5.37. The first-order valence-electron chi connectivity index (χ1n) is 9.97. The molecule has 1 saturated carbocycles. The normalized spacial score (nSPS) is 14.8. The number of hydrogen-bond donors (Lipinski definition) is 0. The third-order valence-corrected chi connectivity index (χ3v) is 7.27. The lowest BCUT2D eigenvalue weighted by molar-refractivity contribution is 0.0693. The lowest BCUT2D eigenvalue weighted by Crippen LogP contribution is -2.38. The molecule has 0 heterocycles. The molecule has 0 unspecified atom stereocenters. The van der Waals surface area contributed by atoms with Gasteiger partial charge in [0.1, 0.15) is 0 Å². The minimum atomic E-state index is -3.75. The summed E-state index contributed by atoms with van der Waals surface area (Å²) < 4.78 is 27.8. The van der Waals surface area contributed by atoms with Crippen molar-refractivity contribution in [2.75, 3.05) is 17.4 Å². The summed E-state index contributed by atoms with van der Waals surface area (Å²) >= 11 is 0. The zero-order chi connectivity index (χ0) is 20.1. The Bertz CT molecular complexity index is 906. The van der Waals surface area contributed by atoms with Crippen LogP contribution in [0.2, 0.25) is 0 Å². The van der Waals surface area contributed by atoms with Crippen LogP contribution in [0, 0.1) is 0 Å². The fraction of sp³-hybridized carbons (Fsp3) is 0.409. The maximum absolute atomic E-state index is 13.2. The van der Waals surface area contributed by atoms with Crippen LogP contribution in [0.15, 0.2) is 59.5 Å². The van der Waals surface area contributed by atoms with Gasteiger partial charge in [-0.15, -0.1) is 0 Å². The third kappa shape index (κ3) is 4.07. The highest BCUT2D eigenvalue weighted by Gasteiger charge is 2.28. The summed E-state index contributed by atoms with van der Waals surface area (Å²) in [6.07, 6.45) is 4.33. The Hall–Kier alpha value is -2.34. The van der Waals surface area contributed by atoms with Crippen LogP contribution in [0.5, 0.6) is 0 Å². The number of rotatable bonds is 7. The Kier molecular flexibility index (Phi) is 6.39. The molecule has 0 aliphatic heterocycles. The van der Waals surface area contributed by atoms with Crippen LogP contribution in [0.3, 0.4) is 0 Å². The summed E-state index contributed by atoms with van der Waals surface area (Å²) in [5.74, 6) is -0.0887. The average Bonchev–Trinajstić information content (AvgIpc) is 3.24. The monoisotopic (exact) mass is 400 g/mol. The van der Waals surface area contributed by atoms with E-state index in [2.05, 4.69) is 0 Å². The minimum absolute atomic E-state index is 0.0887. The number of sulfonamides is 1. The lowest BCUT2D eigenvalue weighted by Gasteiger charge is -2.28. The first-order chi connectivity index (χ1) is 13.5. The highest BCUT2D eigenvalue weighted by molar-refractivity contribution is 7.92. The molecule has 6 heteroatoms. The molecule has 0 spiro atoms. The Morgan fingerprint density at radius 3 is 2.25 bits per heavy atom. The molecule has 1 amide bonds.